The van der Waals surface area contributed by atoms with Crippen molar-refractivity contribution in [1.82, 2.24) is 19.9 Å². The van der Waals surface area contributed by atoms with Gasteiger partial charge in [0, 0.05) is 44.3 Å². The summed E-state index contributed by atoms with van der Waals surface area (Å²) in [6, 6.07) is 29.1. The molecule has 9 rings (SSSR count). The van der Waals surface area contributed by atoms with E-state index in [0.29, 0.717) is 0 Å². The highest BCUT2D eigenvalue weighted by molar-refractivity contribution is 6.02. The standard InChI is InChI=1S/C54H48N4O2/c1-28-21-31(4)47(32(5)22-28)51-41-15-13-39(55-41)50(37-11-10-12-38(27-37)54(59)60)40-14-16-42(56-40)52(48-33(6)23-29(2)24-34(48)7)44-18-20-46(58-44)53(45-19-17-43(51)57-45)49-35(8)25-30(3)26-36(49)9/h10-27,55,58H,1-9H3,(H,59,60). The van der Waals surface area contributed by atoms with Crippen LogP contribution in [0.4, 0.5) is 0 Å². The van der Waals surface area contributed by atoms with Crippen LogP contribution in [0.5, 0.6) is 0 Å². The van der Waals surface area contributed by atoms with Crippen LogP contribution < -0.4 is 0 Å². The maximum absolute atomic E-state index is 12.3. The lowest BCUT2D eigenvalue weighted by molar-refractivity contribution is 0.0697. The number of aromatic amines is 2. The van der Waals surface area contributed by atoms with E-state index >= 15 is 0 Å². The van der Waals surface area contributed by atoms with Gasteiger partial charge in [-0.15, -0.1) is 0 Å². The van der Waals surface area contributed by atoms with Crippen molar-refractivity contribution < 1.29 is 9.90 Å². The summed E-state index contributed by atoms with van der Waals surface area (Å²) in [5.41, 5.74) is 25.8. The number of aromatic nitrogens is 4. The molecule has 0 spiro atoms. The number of H-pyrrole nitrogens is 2. The summed E-state index contributed by atoms with van der Waals surface area (Å²) in [6.07, 6.45) is 8.45. The van der Waals surface area contributed by atoms with E-state index in [1.54, 1.807) is 18.2 Å². The van der Waals surface area contributed by atoms with Crippen molar-refractivity contribution >= 4 is 52.3 Å². The molecular formula is C54H48N4O2. The number of carboxylic acids is 1. The van der Waals surface area contributed by atoms with Gasteiger partial charge in [-0.25, -0.2) is 14.8 Å². The number of nitrogens with one attached hydrogen (secondary N) is 2. The van der Waals surface area contributed by atoms with Crippen LogP contribution in [0.25, 0.3) is 90.9 Å². The number of carbonyl (C=O) groups is 1. The highest BCUT2D eigenvalue weighted by Crippen LogP contribution is 2.42. The minimum absolute atomic E-state index is 0.209. The zero-order valence-electron chi connectivity index (χ0n) is 35.6. The van der Waals surface area contributed by atoms with Crippen molar-refractivity contribution in [2.45, 2.75) is 62.3 Å². The van der Waals surface area contributed by atoms with E-state index in [-0.39, 0.29) is 5.56 Å². The van der Waals surface area contributed by atoms with Gasteiger partial charge in [0.25, 0.3) is 0 Å². The highest BCUT2D eigenvalue weighted by Gasteiger charge is 2.23. The third kappa shape index (κ3) is 6.58. The van der Waals surface area contributed by atoms with Crippen LogP contribution in [-0.2, 0) is 0 Å². The van der Waals surface area contributed by atoms with Crippen LogP contribution in [-0.4, -0.2) is 31.0 Å². The van der Waals surface area contributed by atoms with E-state index in [2.05, 4.69) is 157 Å². The maximum atomic E-state index is 12.3. The molecule has 0 aliphatic carbocycles. The number of hydrogen-bond acceptors (Lipinski definition) is 3. The molecule has 296 valence electrons. The Labute approximate surface area is 351 Å². The summed E-state index contributed by atoms with van der Waals surface area (Å²) >= 11 is 0. The molecule has 60 heavy (non-hydrogen) atoms. The smallest absolute Gasteiger partial charge is 0.335 e. The Kier molecular flexibility index (Phi) is 9.39. The Morgan fingerprint density at radius 3 is 1.07 bits per heavy atom. The molecule has 8 bridgehead atoms. The third-order valence-corrected chi connectivity index (χ3v) is 11.9. The first kappa shape index (κ1) is 38.5. The number of aryl methyl sites for hydroxylation is 9. The van der Waals surface area contributed by atoms with Crippen molar-refractivity contribution in [3.8, 4) is 44.5 Å². The summed E-state index contributed by atoms with van der Waals surface area (Å²) in [7, 11) is 0. The van der Waals surface area contributed by atoms with E-state index in [1.165, 1.54) is 27.8 Å². The van der Waals surface area contributed by atoms with E-state index in [0.717, 1.165) is 112 Å². The minimum Gasteiger partial charge on any atom is -0.478 e. The molecule has 0 radical (unpaired) electrons. The fourth-order valence-electron chi connectivity index (χ4n) is 9.83. The first-order valence-corrected chi connectivity index (χ1v) is 20.5. The van der Waals surface area contributed by atoms with Gasteiger partial charge in [-0.1, -0.05) is 65.2 Å². The Morgan fingerprint density at radius 1 is 0.417 bits per heavy atom. The van der Waals surface area contributed by atoms with Crippen LogP contribution in [0.15, 0.2) is 84.9 Å². The van der Waals surface area contributed by atoms with E-state index < -0.39 is 5.97 Å². The zero-order valence-corrected chi connectivity index (χ0v) is 35.6. The van der Waals surface area contributed by atoms with E-state index in [4.69, 9.17) is 9.97 Å². The molecule has 0 saturated heterocycles. The molecule has 4 aromatic carbocycles. The molecular weight excluding hydrogens is 737 g/mol. The highest BCUT2D eigenvalue weighted by atomic mass is 16.4. The number of benzene rings is 4. The van der Waals surface area contributed by atoms with Gasteiger partial charge in [-0.3, -0.25) is 0 Å². The predicted molar refractivity (Wildman–Crippen MR) is 250 cm³/mol. The molecule has 7 aromatic rings. The molecule has 2 aliphatic heterocycles. The minimum atomic E-state index is -0.983. The predicted octanol–water partition coefficient (Wildman–Crippen LogP) is 13.8. The fourth-order valence-corrected chi connectivity index (χ4v) is 9.83. The molecule has 5 heterocycles. The van der Waals surface area contributed by atoms with Crippen molar-refractivity contribution in [2.24, 2.45) is 0 Å². The van der Waals surface area contributed by atoms with Gasteiger partial charge in [-0.05, 0) is 179 Å². The largest absolute Gasteiger partial charge is 0.478 e. The van der Waals surface area contributed by atoms with Crippen molar-refractivity contribution in [3.63, 3.8) is 0 Å². The molecule has 6 nitrogen and oxygen atoms in total. The molecule has 0 amide bonds. The Balaban J connectivity index is 1.53. The van der Waals surface area contributed by atoms with Gasteiger partial charge >= 0.3 is 5.97 Å². The quantitative estimate of drug-likeness (QED) is 0.162. The molecule has 2 aliphatic rings. The summed E-state index contributed by atoms with van der Waals surface area (Å²) in [5, 5.41) is 10.1. The maximum Gasteiger partial charge on any atom is 0.335 e. The topological polar surface area (TPSA) is 94.7 Å². The zero-order chi connectivity index (χ0) is 42.1. The normalized spacial score (nSPS) is 12.1. The van der Waals surface area contributed by atoms with Crippen molar-refractivity contribution in [1.29, 1.82) is 0 Å². The number of carboxylic acid groups (broad SMARTS) is 1. The van der Waals surface area contributed by atoms with Crippen LogP contribution in [0.3, 0.4) is 0 Å². The molecule has 6 heteroatoms. The molecule has 3 N–H and O–H groups in total. The van der Waals surface area contributed by atoms with Crippen LogP contribution in [0, 0.1) is 62.3 Å². The lowest BCUT2D eigenvalue weighted by Gasteiger charge is -2.14. The van der Waals surface area contributed by atoms with Crippen LogP contribution >= 0.6 is 0 Å². The first-order valence-electron chi connectivity index (χ1n) is 20.5. The number of nitrogens with zero attached hydrogens (tertiary/aromatic N) is 2. The summed E-state index contributed by atoms with van der Waals surface area (Å²) in [6.45, 7) is 19.5. The Bertz CT molecular complexity index is 3100. The molecule has 0 fully saturated rings. The van der Waals surface area contributed by atoms with E-state index in [1.807, 2.05) is 6.07 Å². The average molecular weight is 785 g/mol. The van der Waals surface area contributed by atoms with Crippen molar-refractivity contribution in [2.75, 3.05) is 0 Å². The van der Waals surface area contributed by atoms with Crippen molar-refractivity contribution in [3.05, 3.63) is 163 Å². The molecule has 0 saturated carbocycles. The third-order valence-electron chi connectivity index (χ3n) is 11.9. The second kappa shape index (κ2) is 14.6. The lowest BCUT2D eigenvalue weighted by atomic mass is 9.92. The SMILES string of the molecule is Cc1cc(C)c(-c2c3nc(c(-c4c(C)cc(C)cc4C)c4ccc([nH]4)c(-c4c(C)cc(C)cc4C)c4nc(c(-c5cccc(C(=O)O)c5)c5ccc2[nH]5)C=C4)C=C3)c(C)c1. The average Bonchev–Trinajstić information content (AvgIpc) is 4.02. The monoisotopic (exact) mass is 784 g/mol. The first-order chi connectivity index (χ1) is 28.7. The second-order valence-corrected chi connectivity index (χ2v) is 16.7. The van der Waals surface area contributed by atoms with Gasteiger partial charge in [0.15, 0.2) is 0 Å². The Morgan fingerprint density at radius 2 is 0.733 bits per heavy atom. The van der Waals surface area contributed by atoms with Crippen LogP contribution in [0.2, 0.25) is 0 Å². The Hall–Kier alpha value is -7.05. The number of rotatable bonds is 5. The number of aromatic carboxylic acids is 1. The number of hydrogen-bond donors (Lipinski definition) is 3. The summed E-state index contributed by atoms with van der Waals surface area (Å²) < 4.78 is 0. The van der Waals surface area contributed by atoms with Gasteiger partial charge in [0.05, 0.1) is 28.3 Å². The molecule has 0 atom stereocenters. The van der Waals surface area contributed by atoms with Gasteiger partial charge < -0.3 is 15.1 Å². The van der Waals surface area contributed by atoms with Gasteiger partial charge in [0.1, 0.15) is 0 Å². The van der Waals surface area contributed by atoms with Gasteiger partial charge in [0.2, 0.25) is 0 Å². The second-order valence-electron chi connectivity index (χ2n) is 16.7. The summed E-state index contributed by atoms with van der Waals surface area (Å²) in [5.74, 6) is -0.983. The van der Waals surface area contributed by atoms with E-state index in [9.17, 15) is 9.90 Å². The van der Waals surface area contributed by atoms with Gasteiger partial charge in [-0.2, -0.15) is 0 Å². The van der Waals surface area contributed by atoms with Crippen LogP contribution in [0.1, 0.15) is 83.2 Å². The summed E-state index contributed by atoms with van der Waals surface area (Å²) in [4.78, 5) is 31.1. The molecule has 0 unspecified atom stereocenters. The fraction of sp³-hybridized carbons (Fsp3) is 0.167. The molecule has 3 aromatic heterocycles. The number of fused-ring (bicyclic) bond motifs is 8. The lowest BCUT2D eigenvalue weighted by Crippen LogP contribution is -1.97.